The van der Waals surface area contributed by atoms with Crippen molar-refractivity contribution in [1.29, 1.82) is 0 Å². The molecule has 0 saturated carbocycles. The molecule has 0 saturated heterocycles. The van der Waals surface area contributed by atoms with Gasteiger partial charge in [-0.2, -0.15) is 0 Å². The van der Waals surface area contributed by atoms with Crippen LogP contribution in [0, 0.1) is 0 Å². The van der Waals surface area contributed by atoms with E-state index in [0.29, 0.717) is 25.4 Å². The molecule has 0 radical (unpaired) electrons. The molecule has 5 nitrogen and oxygen atoms in total. The molecule has 88 valence electrons. The summed E-state index contributed by atoms with van der Waals surface area (Å²) in [5.74, 6) is 0.0961. The molecule has 0 fully saturated rings. The van der Waals surface area contributed by atoms with Gasteiger partial charge in [-0.05, 0) is 11.6 Å². The molecule has 0 aliphatic carbocycles. The van der Waals surface area contributed by atoms with Crippen molar-refractivity contribution >= 4 is 5.84 Å². The molecule has 0 aliphatic rings. The third-order valence-corrected chi connectivity index (χ3v) is 2.03. The normalized spacial score (nSPS) is 11.7. The van der Waals surface area contributed by atoms with Crippen molar-refractivity contribution < 1.29 is 14.7 Å². The maximum atomic E-state index is 8.54. The van der Waals surface area contributed by atoms with Crippen LogP contribution in [0.5, 0.6) is 0 Å². The predicted molar refractivity (Wildman–Crippen MR) is 60.5 cm³/mol. The van der Waals surface area contributed by atoms with E-state index in [1.807, 2.05) is 18.2 Å². The standard InChI is InChI=1S/C11H16N2O3/c1-15-5-6-16-8-9-3-2-4-10(7-9)11(12)13-14/h2-4,7,14H,5-6,8H2,1H3,(H2,12,13). The van der Waals surface area contributed by atoms with Gasteiger partial charge in [-0.3, -0.25) is 0 Å². The second-order valence-electron chi connectivity index (χ2n) is 3.23. The molecule has 0 spiro atoms. The third kappa shape index (κ3) is 3.88. The SMILES string of the molecule is COCCOCc1cccc(C(N)=NO)c1. The molecule has 3 N–H and O–H groups in total. The molecule has 16 heavy (non-hydrogen) atoms. The van der Waals surface area contributed by atoms with E-state index < -0.39 is 0 Å². The number of ether oxygens (including phenoxy) is 2. The fourth-order valence-electron chi connectivity index (χ4n) is 1.21. The summed E-state index contributed by atoms with van der Waals surface area (Å²) in [6, 6.07) is 7.35. The van der Waals surface area contributed by atoms with Gasteiger partial charge in [0.15, 0.2) is 5.84 Å². The fraction of sp³-hybridized carbons (Fsp3) is 0.364. The molecule has 0 unspecified atom stereocenters. The van der Waals surface area contributed by atoms with E-state index in [-0.39, 0.29) is 5.84 Å². The Morgan fingerprint density at radius 2 is 2.25 bits per heavy atom. The lowest BCUT2D eigenvalue weighted by Gasteiger charge is -2.05. The summed E-state index contributed by atoms with van der Waals surface area (Å²) in [5.41, 5.74) is 7.13. The first-order chi connectivity index (χ1) is 7.77. The van der Waals surface area contributed by atoms with E-state index in [1.54, 1.807) is 13.2 Å². The molecule has 0 bridgehead atoms. The van der Waals surface area contributed by atoms with Gasteiger partial charge in [0.05, 0.1) is 19.8 Å². The van der Waals surface area contributed by atoms with Crippen molar-refractivity contribution in [1.82, 2.24) is 0 Å². The first kappa shape index (κ1) is 12.5. The number of benzene rings is 1. The lowest BCUT2D eigenvalue weighted by Crippen LogP contribution is -2.13. The van der Waals surface area contributed by atoms with E-state index in [2.05, 4.69) is 5.16 Å². The van der Waals surface area contributed by atoms with Crippen molar-refractivity contribution in [2.75, 3.05) is 20.3 Å². The minimum atomic E-state index is 0.0961. The van der Waals surface area contributed by atoms with Gasteiger partial charge < -0.3 is 20.4 Å². The van der Waals surface area contributed by atoms with Gasteiger partial charge in [0.25, 0.3) is 0 Å². The minimum Gasteiger partial charge on any atom is -0.409 e. The average Bonchev–Trinajstić information content (AvgIpc) is 2.34. The number of hydrogen-bond acceptors (Lipinski definition) is 4. The zero-order chi connectivity index (χ0) is 11.8. The second kappa shape index (κ2) is 6.81. The molecule has 5 heteroatoms. The van der Waals surface area contributed by atoms with Crippen molar-refractivity contribution in [3.8, 4) is 0 Å². The molecule has 0 aliphatic heterocycles. The lowest BCUT2D eigenvalue weighted by atomic mass is 10.1. The van der Waals surface area contributed by atoms with Gasteiger partial charge >= 0.3 is 0 Å². The van der Waals surface area contributed by atoms with Crippen molar-refractivity contribution in [2.24, 2.45) is 10.9 Å². The van der Waals surface area contributed by atoms with Crippen LogP contribution >= 0.6 is 0 Å². The number of nitrogens with two attached hydrogens (primary N) is 1. The molecule has 0 atom stereocenters. The molecule has 0 aromatic heterocycles. The zero-order valence-electron chi connectivity index (χ0n) is 9.22. The Balaban J connectivity index is 2.54. The Morgan fingerprint density at radius 3 is 2.94 bits per heavy atom. The first-order valence-electron chi connectivity index (χ1n) is 4.91. The molecule has 1 aromatic rings. The van der Waals surface area contributed by atoms with E-state index in [1.165, 1.54) is 0 Å². The van der Waals surface area contributed by atoms with Gasteiger partial charge in [0.2, 0.25) is 0 Å². The van der Waals surface area contributed by atoms with E-state index in [9.17, 15) is 0 Å². The number of nitrogens with zero attached hydrogens (tertiary/aromatic N) is 1. The Morgan fingerprint density at radius 1 is 1.44 bits per heavy atom. The van der Waals surface area contributed by atoms with Crippen LogP contribution in [0.1, 0.15) is 11.1 Å². The largest absolute Gasteiger partial charge is 0.409 e. The fourth-order valence-corrected chi connectivity index (χ4v) is 1.21. The number of hydrogen-bond donors (Lipinski definition) is 2. The van der Waals surface area contributed by atoms with Gasteiger partial charge in [-0.25, -0.2) is 0 Å². The maximum Gasteiger partial charge on any atom is 0.170 e. The Labute approximate surface area is 94.5 Å². The molecule has 1 rings (SSSR count). The Bertz CT molecular complexity index is 353. The second-order valence-corrected chi connectivity index (χ2v) is 3.23. The average molecular weight is 224 g/mol. The van der Waals surface area contributed by atoms with Crippen LogP contribution in [0.4, 0.5) is 0 Å². The first-order valence-corrected chi connectivity index (χ1v) is 4.91. The van der Waals surface area contributed by atoms with Crippen molar-refractivity contribution in [2.45, 2.75) is 6.61 Å². The van der Waals surface area contributed by atoms with E-state index in [4.69, 9.17) is 20.4 Å². The van der Waals surface area contributed by atoms with Gasteiger partial charge in [0, 0.05) is 12.7 Å². The smallest absolute Gasteiger partial charge is 0.170 e. The number of methoxy groups -OCH3 is 1. The lowest BCUT2D eigenvalue weighted by molar-refractivity contribution is 0.0616. The highest BCUT2D eigenvalue weighted by atomic mass is 16.5. The van der Waals surface area contributed by atoms with Crippen LogP contribution in [-0.2, 0) is 16.1 Å². The summed E-state index contributed by atoms with van der Waals surface area (Å²) >= 11 is 0. The van der Waals surface area contributed by atoms with Gasteiger partial charge in [-0.15, -0.1) is 0 Å². The number of amidine groups is 1. The molecule has 1 aromatic carbocycles. The maximum absolute atomic E-state index is 8.54. The Hall–Kier alpha value is -1.59. The molecule has 0 heterocycles. The van der Waals surface area contributed by atoms with Crippen LogP contribution in [0.15, 0.2) is 29.4 Å². The molecular formula is C11H16N2O3. The number of oxime groups is 1. The summed E-state index contributed by atoms with van der Waals surface area (Å²) in [7, 11) is 1.63. The van der Waals surface area contributed by atoms with Crippen LogP contribution in [-0.4, -0.2) is 31.4 Å². The highest BCUT2D eigenvalue weighted by Gasteiger charge is 2.00. The summed E-state index contributed by atoms with van der Waals surface area (Å²) in [4.78, 5) is 0. The minimum absolute atomic E-state index is 0.0961. The highest BCUT2D eigenvalue weighted by Crippen LogP contribution is 2.06. The van der Waals surface area contributed by atoms with E-state index >= 15 is 0 Å². The topological polar surface area (TPSA) is 77.1 Å². The summed E-state index contributed by atoms with van der Waals surface area (Å²) in [6.07, 6.45) is 0. The van der Waals surface area contributed by atoms with Gasteiger partial charge in [-0.1, -0.05) is 23.4 Å². The summed E-state index contributed by atoms with van der Waals surface area (Å²) in [6.45, 7) is 1.60. The quantitative estimate of drug-likeness (QED) is 0.248. The summed E-state index contributed by atoms with van der Waals surface area (Å²) < 4.78 is 10.2. The Kier molecular flexibility index (Phi) is 5.31. The monoisotopic (exact) mass is 224 g/mol. The third-order valence-electron chi connectivity index (χ3n) is 2.03. The van der Waals surface area contributed by atoms with Crippen LogP contribution in [0.25, 0.3) is 0 Å². The van der Waals surface area contributed by atoms with E-state index in [0.717, 1.165) is 5.56 Å². The predicted octanol–water partition coefficient (Wildman–Crippen LogP) is 0.944. The van der Waals surface area contributed by atoms with Gasteiger partial charge in [0.1, 0.15) is 0 Å². The summed E-state index contributed by atoms with van der Waals surface area (Å²) in [5, 5.41) is 11.5. The number of rotatable bonds is 6. The highest BCUT2D eigenvalue weighted by molar-refractivity contribution is 5.97. The van der Waals surface area contributed by atoms with Crippen LogP contribution < -0.4 is 5.73 Å². The van der Waals surface area contributed by atoms with Crippen LogP contribution in [0.2, 0.25) is 0 Å². The molecular weight excluding hydrogens is 208 g/mol. The van der Waals surface area contributed by atoms with Crippen molar-refractivity contribution in [3.05, 3.63) is 35.4 Å². The zero-order valence-corrected chi connectivity index (χ0v) is 9.22. The van der Waals surface area contributed by atoms with Crippen molar-refractivity contribution in [3.63, 3.8) is 0 Å². The molecule has 0 amide bonds. The van der Waals surface area contributed by atoms with Crippen LogP contribution in [0.3, 0.4) is 0 Å².